The minimum Gasteiger partial charge on any atom is -0.384 e. The summed E-state index contributed by atoms with van der Waals surface area (Å²) in [5, 5.41) is 7.21. The molecule has 0 saturated heterocycles. The Morgan fingerprint density at radius 1 is 1.52 bits per heavy atom. The van der Waals surface area contributed by atoms with Gasteiger partial charge in [0.2, 0.25) is 0 Å². The Morgan fingerprint density at radius 3 is 2.95 bits per heavy atom. The van der Waals surface area contributed by atoms with E-state index < -0.39 is 0 Å². The zero-order chi connectivity index (χ0) is 15.4. The van der Waals surface area contributed by atoms with E-state index in [2.05, 4.69) is 29.2 Å². The second-order valence-corrected chi connectivity index (χ2v) is 5.95. The van der Waals surface area contributed by atoms with E-state index in [-0.39, 0.29) is 11.8 Å². The van der Waals surface area contributed by atoms with E-state index in [1.165, 1.54) is 11.3 Å². The van der Waals surface area contributed by atoms with Crippen LogP contribution in [0.1, 0.15) is 40.8 Å². The number of nitrogens with one attached hydrogen (secondary N) is 1. The van der Waals surface area contributed by atoms with Crippen molar-refractivity contribution in [3.63, 3.8) is 0 Å². The summed E-state index contributed by atoms with van der Waals surface area (Å²) in [5.41, 5.74) is 3.09. The van der Waals surface area contributed by atoms with Crippen LogP contribution < -0.4 is 5.32 Å². The predicted molar refractivity (Wildman–Crippen MR) is 82.9 cm³/mol. The van der Waals surface area contributed by atoms with Gasteiger partial charge in [-0.25, -0.2) is 4.98 Å². The van der Waals surface area contributed by atoms with Crippen molar-refractivity contribution in [3.05, 3.63) is 27.8 Å². The van der Waals surface area contributed by atoms with Crippen LogP contribution in [0.2, 0.25) is 0 Å². The first kappa shape index (κ1) is 15.7. The van der Waals surface area contributed by atoms with Crippen molar-refractivity contribution in [2.24, 2.45) is 7.05 Å². The number of nitrogens with zero attached hydrogens (tertiary/aromatic N) is 3. The summed E-state index contributed by atoms with van der Waals surface area (Å²) in [6.45, 7) is 4.71. The topological polar surface area (TPSA) is 69.0 Å². The van der Waals surface area contributed by atoms with Crippen LogP contribution in [-0.4, -0.2) is 34.4 Å². The quantitative estimate of drug-likeness (QED) is 0.890. The molecule has 0 aliphatic rings. The number of hydrogen-bond acceptors (Lipinski definition) is 5. The van der Waals surface area contributed by atoms with E-state index in [1.807, 2.05) is 6.07 Å². The van der Waals surface area contributed by atoms with Gasteiger partial charge in [0.1, 0.15) is 11.5 Å². The van der Waals surface area contributed by atoms with Crippen LogP contribution in [0.3, 0.4) is 0 Å². The zero-order valence-electron chi connectivity index (χ0n) is 12.7. The Labute approximate surface area is 128 Å². The van der Waals surface area contributed by atoms with E-state index in [0.717, 1.165) is 10.6 Å². The molecule has 0 unspecified atom stereocenters. The molecular formula is C14H20N4O2S. The van der Waals surface area contributed by atoms with Gasteiger partial charge in [0, 0.05) is 31.5 Å². The molecule has 2 aromatic heterocycles. The maximum atomic E-state index is 12.3. The minimum absolute atomic E-state index is 0.193. The number of methoxy groups -OCH3 is 1. The first-order valence-corrected chi connectivity index (χ1v) is 7.67. The lowest BCUT2D eigenvalue weighted by molar-refractivity contribution is 0.102. The van der Waals surface area contributed by atoms with E-state index in [4.69, 9.17) is 4.74 Å². The zero-order valence-corrected chi connectivity index (χ0v) is 13.5. The highest BCUT2D eigenvalue weighted by Gasteiger charge is 2.18. The molecule has 114 valence electrons. The Bertz CT molecular complexity index is 618. The van der Waals surface area contributed by atoms with Gasteiger partial charge in [0.25, 0.3) is 5.91 Å². The molecule has 0 aromatic carbocycles. The lowest BCUT2D eigenvalue weighted by atomic mass is 10.1. The number of amides is 1. The van der Waals surface area contributed by atoms with Crippen molar-refractivity contribution >= 4 is 23.1 Å². The van der Waals surface area contributed by atoms with Gasteiger partial charge in [0.05, 0.1) is 17.8 Å². The van der Waals surface area contributed by atoms with Crippen molar-refractivity contribution in [2.75, 3.05) is 19.0 Å². The maximum Gasteiger partial charge on any atom is 0.276 e. The van der Waals surface area contributed by atoms with Gasteiger partial charge < -0.3 is 10.1 Å². The average Bonchev–Trinajstić information content (AvgIpc) is 3.04. The number of carbonyl (C=O) groups excluding carboxylic acids is 1. The van der Waals surface area contributed by atoms with Crippen molar-refractivity contribution < 1.29 is 9.53 Å². The molecular weight excluding hydrogens is 288 g/mol. The third kappa shape index (κ3) is 3.68. The van der Waals surface area contributed by atoms with Gasteiger partial charge in [-0.3, -0.25) is 9.48 Å². The smallest absolute Gasteiger partial charge is 0.276 e. The molecule has 0 spiro atoms. The number of carbonyl (C=O) groups is 1. The number of anilines is 1. The molecule has 0 aliphatic carbocycles. The van der Waals surface area contributed by atoms with Crippen molar-refractivity contribution in [3.8, 4) is 0 Å². The van der Waals surface area contributed by atoms with Crippen LogP contribution in [0.25, 0.3) is 0 Å². The van der Waals surface area contributed by atoms with Gasteiger partial charge >= 0.3 is 0 Å². The predicted octanol–water partition coefficient (Wildman–Crippen LogP) is 2.44. The van der Waals surface area contributed by atoms with Crippen molar-refractivity contribution in [2.45, 2.75) is 26.2 Å². The van der Waals surface area contributed by atoms with Crippen LogP contribution in [0.5, 0.6) is 0 Å². The standard InChI is InChI=1S/C14H20N4O2S/c1-9(2)13-12(15-8-21-13)14(19)16-11-7-10(5-6-20-4)17-18(11)3/h7-9H,5-6H2,1-4H3,(H,16,19). The molecule has 0 aliphatic heterocycles. The van der Waals surface area contributed by atoms with Gasteiger partial charge in [-0.05, 0) is 5.92 Å². The molecule has 6 nitrogen and oxygen atoms in total. The molecule has 2 aromatic rings. The Hall–Kier alpha value is -1.73. The molecule has 1 amide bonds. The van der Waals surface area contributed by atoms with Crippen molar-refractivity contribution in [1.29, 1.82) is 0 Å². The normalized spacial score (nSPS) is 11.1. The van der Waals surface area contributed by atoms with Crippen LogP contribution in [0, 0.1) is 0 Å². The van der Waals surface area contributed by atoms with E-state index in [1.54, 1.807) is 24.3 Å². The Kier molecular flexibility index (Phi) is 5.08. The fourth-order valence-corrected chi connectivity index (χ4v) is 2.78. The average molecular weight is 308 g/mol. The maximum absolute atomic E-state index is 12.3. The fourth-order valence-electron chi connectivity index (χ4n) is 1.98. The summed E-state index contributed by atoms with van der Waals surface area (Å²) in [4.78, 5) is 17.5. The number of thiazole rings is 1. The number of hydrogen-bond donors (Lipinski definition) is 1. The Balaban J connectivity index is 2.12. The number of aromatic nitrogens is 3. The van der Waals surface area contributed by atoms with Crippen LogP contribution in [0.4, 0.5) is 5.82 Å². The van der Waals surface area contributed by atoms with Gasteiger partial charge in [-0.15, -0.1) is 11.3 Å². The monoisotopic (exact) mass is 308 g/mol. The number of ether oxygens (including phenoxy) is 1. The molecule has 0 radical (unpaired) electrons. The third-order valence-corrected chi connectivity index (χ3v) is 4.20. The summed E-state index contributed by atoms with van der Waals surface area (Å²) in [6.07, 6.45) is 0.716. The second kappa shape index (κ2) is 6.82. The summed E-state index contributed by atoms with van der Waals surface area (Å²) < 4.78 is 6.69. The first-order valence-electron chi connectivity index (χ1n) is 6.79. The van der Waals surface area contributed by atoms with E-state index in [0.29, 0.717) is 24.5 Å². The summed E-state index contributed by atoms with van der Waals surface area (Å²) in [7, 11) is 3.46. The molecule has 21 heavy (non-hydrogen) atoms. The van der Waals surface area contributed by atoms with E-state index >= 15 is 0 Å². The number of aryl methyl sites for hydroxylation is 1. The van der Waals surface area contributed by atoms with Crippen LogP contribution in [0.15, 0.2) is 11.6 Å². The summed E-state index contributed by atoms with van der Waals surface area (Å²) in [5.74, 6) is 0.747. The highest BCUT2D eigenvalue weighted by molar-refractivity contribution is 7.10. The molecule has 2 rings (SSSR count). The second-order valence-electron chi connectivity index (χ2n) is 5.06. The fraction of sp³-hybridized carbons (Fsp3) is 0.500. The lowest BCUT2D eigenvalue weighted by Crippen LogP contribution is -2.16. The first-order chi connectivity index (χ1) is 10.0. The van der Waals surface area contributed by atoms with Crippen LogP contribution in [-0.2, 0) is 18.2 Å². The molecule has 0 bridgehead atoms. The highest BCUT2D eigenvalue weighted by atomic mass is 32.1. The molecule has 0 fully saturated rings. The summed E-state index contributed by atoms with van der Waals surface area (Å²) in [6, 6.07) is 1.86. The number of rotatable bonds is 6. The molecule has 1 N–H and O–H groups in total. The Morgan fingerprint density at radius 2 is 2.29 bits per heavy atom. The van der Waals surface area contributed by atoms with Crippen molar-refractivity contribution in [1.82, 2.24) is 14.8 Å². The minimum atomic E-state index is -0.193. The summed E-state index contributed by atoms with van der Waals surface area (Å²) >= 11 is 1.51. The van der Waals surface area contributed by atoms with Gasteiger partial charge in [0.15, 0.2) is 0 Å². The SMILES string of the molecule is COCCc1cc(NC(=O)c2ncsc2C(C)C)n(C)n1. The van der Waals surface area contributed by atoms with E-state index in [9.17, 15) is 4.79 Å². The highest BCUT2D eigenvalue weighted by Crippen LogP contribution is 2.24. The van der Waals surface area contributed by atoms with Crippen LogP contribution >= 0.6 is 11.3 Å². The molecule has 0 atom stereocenters. The molecule has 0 saturated carbocycles. The third-order valence-electron chi connectivity index (χ3n) is 3.07. The lowest BCUT2D eigenvalue weighted by Gasteiger charge is -2.06. The largest absolute Gasteiger partial charge is 0.384 e. The molecule has 2 heterocycles. The van der Waals surface area contributed by atoms with Gasteiger partial charge in [-0.2, -0.15) is 5.10 Å². The molecule has 7 heteroatoms. The van der Waals surface area contributed by atoms with Gasteiger partial charge in [-0.1, -0.05) is 13.8 Å².